The van der Waals surface area contributed by atoms with E-state index in [1.807, 2.05) is 0 Å². The molecule has 13 nitrogen and oxygen atoms in total. The lowest BCUT2D eigenvalue weighted by molar-refractivity contribution is -0.160. The number of rotatable bonds is 2. The minimum Gasteiger partial charge on any atom is -0.507 e. The molecule has 0 aliphatic carbocycles. The Morgan fingerprint density at radius 2 is 1.60 bits per heavy atom. The number of ketones is 1. The smallest absolute Gasteiger partial charge is 0.312 e. The highest BCUT2D eigenvalue weighted by Gasteiger charge is 2.49. The fourth-order valence-corrected chi connectivity index (χ4v) is 6.65. The Bertz CT molecular complexity index is 1760. The molecule has 3 aliphatic heterocycles. The molecule has 50 heavy (non-hydrogen) atoms. The van der Waals surface area contributed by atoms with Crippen LogP contribution in [0.1, 0.15) is 64.4 Å². The fourth-order valence-electron chi connectivity index (χ4n) is 6.65. The van der Waals surface area contributed by atoms with E-state index in [0.29, 0.717) is 0 Å². The summed E-state index contributed by atoms with van der Waals surface area (Å²) in [6.07, 6.45) is 3.62. The van der Waals surface area contributed by atoms with Crippen LogP contribution in [-0.4, -0.2) is 80.5 Å². The van der Waals surface area contributed by atoms with Gasteiger partial charge in [-0.3, -0.25) is 14.4 Å². The maximum atomic E-state index is 13.9. The molecule has 1 amide bonds. The highest BCUT2D eigenvalue weighted by molar-refractivity contribution is 6.21. The molecule has 0 saturated heterocycles. The monoisotopic (exact) mass is 697 g/mol. The van der Waals surface area contributed by atoms with Crippen LogP contribution in [0.2, 0.25) is 0 Å². The van der Waals surface area contributed by atoms with E-state index in [9.17, 15) is 39.9 Å². The topological polar surface area (TPSA) is 201 Å². The van der Waals surface area contributed by atoms with Gasteiger partial charge >= 0.3 is 11.8 Å². The molecule has 0 saturated carbocycles. The van der Waals surface area contributed by atoms with Gasteiger partial charge in [-0.25, -0.2) is 0 Å². The summed E-state index contributed by atoms with van der Waals surface area (Å²) in [4.78, 5) is 39.2. The molecule has 2 aromatic rings. The van der Waals surface area contributed by atoms with Crippen molar-refractivity contribution < 1.29 is 58.9 Å². The average Bonchev–Trinajstić information content (AvgIpc) is 3.33. The summed E-state index contributed by atoms with van der Waals surface area (Å²) >= 11 is 0. The predicted octanol–water partition coefficient (Wildman–Crippen LogP) is 4.75. The van der Waals surface area contributed by atoms with Crippen LogP contribution in [0.15, 0.2) is 42.2 Å². The molecule has 2 aromatic carbocycles. The van der Waals surface area contributed by atoms with E-state index in [4.69, 9.17) is 18.9 Å². The van der Waals surface area contributed by atoms with Crippen molar-refractivity contribution in [1.82, 2.24) is 0 Å². The number of nitrogens with one attached hydrogen (secondary N) is 1. The number of aromatic hydroxyl groups is 3. The Balaban J connectivity index is 1.87. The summed E-state index contributed by atoms with van der Waals surface area (Å²) in [6, 6.07) is 1.06. The third-order valence-corrected chi connectivity index (χ3v) is 9.84. The Labute approximate surface area is 290 Å². The average molecular weight is 698 g/mol. The Morgan fingerprint density at radius 1 is 0.940 bits per heavy atom. The van der Waals surface area contributed by atoms with Crippen LogP contribution in [0.4, 0.5) is 5.69 Å². The van der Waals surface area contributed by atoms with Crippen LogP contribution in [0, 0.1) is 30.6 Å². The van der Waals surface area contributed by atoms with Crippen molar-refractivity contribution in [3.05, 3.63) is 53.3 Å². The number of aliphatic hydroxyl groups excluding tert-OH is 2. The quantitative estimate of drug-likeness (QED) is 0.143. The maximum absolute atomic E-state index is 13.9. The summed E-state index contributed by atoms with van der Waals surface area (Å²) in [7, 11) is 1.43. The van der Waals surface area contributed by atoms with Gasteiger partial charge in [0.25, 0.3) is 11.7 Å². The first-order chi connectivity index (χ1) is 23.4. The fraction of sp³-hybridized carbons (Fsp3) is 0.486. The minimum atomic E-state index is -1.98. The van der Waals surface area contributed by atoms with E-state index in [0.717, 1.165) is 6.07 Å². The molecule has 6 N–H and O–H groups in total. The number of carbonyl (C=O) groups excluding carboxylic acids is 3. The third-order valence-electron chi connectivity index (χ3n) is 9.84. The number of hydrogen-bond donors (Lipinski definition) is 6. The number of fused-ring (bicyclic) bond motifs is 14. The first-order valence-electron chi connectivity index (χ1n) is 16.4. The molecule has 0 unspecified atom stereocenters. The van der Waals surface area contributed by atoms with Gasteiger partial charge in [0.2, 0.25) is 0 Å². The molecule has 5 bridgehead atoms. The number of anilines is 1. The summed E-state index contributed by atoms with van der Waals surface area (Å²) in [5.41, 5.74) is -0.0929. The summed E-state index contributed by atoms with van der Waals surface area (Å²) < 4.78 is 23.2. The Hall–Kier alpha value is -4.59. The minimum absolute atomic E-state index is 0.0709. The van der Waals surface area contributed by atoms with E-state index in [1.54, 1.807) is 39.8 Å². The van der Waals surface area contributed by atoms with Gasteiger partial charge in [0.05, 0.1) is 41.2 Å². The molecule has 5 rings (SSSR count). The number of benzene rings is 2. The van der Waals surface area contributed by atoms with Gasteiger partial charge in [-0.15, -0.1) is 0 Å². The zero-order valence-corrected chi connectivity index (χ0v) is 29.7. The van der Waals surface area contributed by atoms with Crippen molar-refractivity contribution in [1.29, 1.82) is 0 Å². The Morgan fingerprint density at radius 3 is 2.22 bits per heavy atom. The predicted molar refractivity (Wildman–Crippen MR) is 184 cm³/mol. The van der Waals surface area contributed by atoms with Crippen molar-refractivity contribution in [2.75, 3.05) is 12.4 Å². The summed E-state index contributed by atoms with van der Waals surface area (Å²) in [5.74, 6) is -7.99. The molecule has 0 aromatic heterocycles. The highest BCUT2D eigenvalue weighted by Crippen LogP contribution is 2.53. The number of methoxy groups -OCH3 is 1. The largest absolute Gasteiger partial charge is 0.507 e. The molecule has 272 valence electrons. The lowest BCUT2D eigenvalue weighted by atomic mass is 9.78. The second-order valence-electron chi connectivity index (χ2n) is 13.4. The normalized spacial score (nSPS) is 32.6. The van der Waals surface area contributed by atoms with Crippen molar-refractivity contribution in [3.8, 4) is 23.0 Å². The number of hydrogen-bond acceptors (Lipinski definition) is 12. The molecule has 0 fully saturated rings. The molecule has 3 aliphatic rings. The van der Waals surface area contributed by atoms with E-state index < -0.39 is 88.8 Å². The second-order valence-corrected chi connectivity index (χ2v) is 13.4. The van der Waals surface area contributed by atoms with Crippen molar-refractivity contribution in [2.24, 2.45) is 23.7 Å². The van der Waals surface area contributed by atoms with Gasteiger partial charge in [-0.1, -0.05) is 45.9 Å². The molecular formula is C37H47NO12. The lowest BCUT2D eigenvalue weighted by Crippen LogP contribution is -2.46. The maximum Gasteiger partial charge on any atom is 0.312 e. The molecule has 0 radical (unpaired) electrons. The van der Waals surface area contributed by atoms with Crippen LogP contribution in [0.5, 0.6) is 23.0 Å². The SMILES string of the molecule is CO[C@H]1C=CO[C@@]2(C)Oc3c(C)c(O)c4c(O)c(cc(O)c4c3C2=O)NC(=O)/C(C)=C\C=C/[C@H](C)[C@H](O)[C@@H](C)[C@@H](O)[C@@H](C)[C@H](OC(C)=O)[C@@H]1C. The van der Waals surface area contributed by atoms with Gasteiger partial charge in [-0.05, 0) is 19.9 Å². The summed E-state index contributed by atoms with van der Waals surface area (Å²) in [5, 5.41) is 58.2. The van der Waals surface area contributed by atoms with Gasteiger partial charge < -0.3 is 49.8 Å². The van der Waals surface area contributed by atoms with Crippen LogP contribution in [0.3, 0.4) is 0 Å². The van der Waals surface area contributed by atoms with Crippen molar-refractivity contribution >= 4 is 34.1 Å². The number of esters is 1. The highest BCUT2D eigenvalue weighted by atomic mass is 16.7. The number of Topliss-reactive ketones (excluding diaryl/α,β-unsaturated/α-hetero) is 1. The summed E-state index contributed by atoms with van der Waals surface area (Å²) in [6.45, 7) is 12.5. The van der Waals surface area contributed by atoms with Crippen molar-refractivity contribution in [3.63, 3.8) is 0 Å². The van der Waals surface area contributed by atoms with Gasteiger partial charge in [-0.2, -0.15) is 0 Å². The van der Waals surface area contributed by atoms with E-state index in [-0.39, 0.29) is 38.9 Å². The number of phenolic OH excluding ortho intramolecular Hbond substituents is 3. The first-order valence-corrected chi connectivity index (χ1v) is 16.4. The Kier molecular flexibility index (Phi) is 11.2. The molecule has 13 heteroatoms. The standard InChI is InChI=1S/C37H47NO12/c1-16-11-10-12-17(2)36(46)38-23-15-24(40)26-27(32(23)44)31(43)21(6)34-28(26)35(45)37(8,50-34)48-14-13-25(47-9)18(3)33(49-22(7)39)20(5)30(42)19(4)29(16)41/h10-16,18-20,25,29-30,33,40-44H,1-9H3,(H,38,46)/b11-10-,14-13?,17-12-/t16-,18+,19+,20+,25-,29-,30+,33+,37-/m0/s1. The molecule has 0 spiro atoms. The van der Waals surface area contributed by atoms with Gasteiger partial charge in [0.1, 0.15) is 23.4 Å². The van der Waals surface area contributed by atoms with Gasteiger partial charge in [0, 0.05) is 67.2 Å². The van der Waals surface area contributed by atoms with E-state index in [1.165, 1.54) is 53.2 Å². The zero-order valence-electron chi connectivity index (χ0n) is 29.7. The van der Waals surface area contributed by atoms with Crippen LogP contribution >= 0.6 is 0 Å². The number of amides is 1. The lowest BCUT2D eigenvalue weighted by Gasteiger charge is -2.38. The van der Waals surface area contributed by atoms with Gasteiger partial charge in [0.15, 0.2) is 5.75 Å². The number of aliphatic hydroxyl groups is 2. The van der Waals surface area contributed by atoms with Crippen LogP contribution in [0.25, 0.3) is 10.8 Å². The van der Waals surface area contributed by atoms with Crippen LogP contribution in [-0.2, 0) is 23.8 Å². The number of carbonyl (C=O) groups is 3. The second kappa shape index (κ2) is 14.7. The van der Waals surface area contributed by atoms with E-state index >= 15 is 0 Å². The zero-order chi connectivity index (χ0) is 37.4. The van der Waals surface area contributed by atoms with E-state index in [2.05, 4.69) is 5.32 Å². The third kappa shape index (κ3) is 7.03. The molecule has 9 atom stereocenters. The first kappa shape index (κ1) is 38.2. The number of phenols is 3. The number of allylic oxidation sites excluding steroid dienone is 2. The molecular weight excluding hydrogens is 650 g/mol. The van der Waals surface area contributed by atoms with Crippen LogP contribution < -0.4 is 10.1 Å². The number of ether oxygens (including phenoxy) is 4. The van der Waals surface area contributed by atoms with Crippen molar-refractivity contribution in [2.45, 2.75) is 85.6 Å². The molecule has 3 heterocycles.